The summed E-state index contributed by atoms with van der Waals surface area (Å²) in [5.74, 6) is 1.47. The summed E-state index contributed by atoms with van der Waals surface area (Å²) in [6.07, 6.45) is 5.19. The van der Waals surface area contributed by atoms with E-state index in [1.165, 1.54) is 25.7 Å². The minimum atomic E-state index is 0.234. The highest BCUT2D eigenvalue weighted by Gasteiger charge is 2.18. The largest absolute Gasteiger partial charge is 0.381 e. The molecule has 116 valence electrons. The van der Waals surface area contributed by atoms with Gasteiger partial charge in [-0.05, 0) is 24.8 Å². The SMILES string of the molecule is CCCCC(CC)COCC(C)(C)CNCC(C)C. The van der Waals surface area contributed by atoms with Gasteiger partial charge in [-0.1, -0.05) is 60.8 Å². The third-order valence-corrected chi connectivity index (χ3v) is 3.55. The third-order valence-electron chi connectivity index (χ3n) is 3.55. The summed E-state index contributed by atoms with van der Waals surface area (Å²) in [6.45, 7) is 17.5. The fourth-order valence-corrected chi connectivity index (χ4v) is 2.15. The zero-order valence-corrected chi connectivity index (χ0v) is 14.2. The molecular weight excluding hydrogens is 234 g/mol. The molecule has 0 saturated carbocycles. The quantitative estimate of drug-likeness (QED) is 0.564. The standard InChI is InChI=1S/C17H37NO/c1-7-9-10-16(8-2)12-19-14-17(5,6)13-18-11-15(3)4/h15-16,18H,7-14H2,1-6H3. The second-order valence-electron chi connectivity index (χ2n) is 7.12. The zero-order valence-electron chi connectivity index (χ0n) is 14.2. The predicted molar refractivity (Wildman–Crippen MR) is 85.6 cm³/mol. The van der Waals surface area contributed by atoms with Gasteiger partial charge in [0.05, 0.1) is 6.61 Å². The first-order valence-electron chi connectivity index (χ1n) is 8.19. The molecule has 0 heterocycles. The number of nitrogens with one attached hydrogen (secondary N) is 1. The molecule has 0 aromatic rings. The lowest BCUT2D eigenvalue weighted by molar-refractivity contribution is 0.0369. The molecule has 0 bridgehead atoms. The maximum Gasteiger partial charge on any atom is 0.0529 e. The van der Waals surface area contributed by atoms with Gasteiger partial charge in [0.25, 0.3) is 0 Å². The Kier molecular flexibility index (Phi) is 10.6. The summed E-state index contributed by atoms with van der Waals surface area (Å²) in [5, 5.41) is 3.53. The van der Waals surface area contributed by atoms with Crippen molar-refractivity contribution in [2.45, 2.75) is 67.2 Å². The van der Waals surface area contributed by atoms with Gasteiger partial charge in [-0.25, -0.2) is 0 Å². The molecule has 2 nitrogen and oxygen atoms in total. The van der Waals surface area contributed by atoms with Crippen LogP contribution in [0.3, 0.4) is 0 Å². The van der Waals surface area contributed by atoms with Crippen molar-refractivity contribution in [3.05, 3.63) is 0 Å². The van der Waals surface area contributed by atoms with Gasteiger partial charge in [0.2, 0.25) is 0 Å². The number of ether oxygens (including phenoxy) is 1. The van der Waals surface area contributed by atoms with Crippen LogP contribution in [0.25, 0.3) is 0 Å². The molecule has 1 atom stereocenters. The van der Waals surface area contributed by atoms with Crippen LogP contribution < -0.4 is 5.32 Å². The number of hydrogen-bond acceptors (Lipinski definition) is 2. The maximum atomic E-state index is 5.97. The topological polar surface area (TPSA) is 21.3 Å². The Balaban J connectivity index is 3.76. The molecule has 0 fully saturated rings. The Labute approximate surface area is 121 Å². The van der Waals surface area contributed by atoms with E-state index < -0.39 is 0 Å². The molecule has 2 heteroatoms. The lowest BCUT2D eigenvalue weighted by atomic mass is 9.94. The lowest BCUT2D eigenvalue weighted by Crippen LogP contribution is -2.35. The number of rotatable bonds is 12. The van der Waals surface area contributed by atoms with Crippen molar-refractivity contribution >= 4 is 0 Å². The van der Waals surface area contributed by atoms with Crippen LogP contribution in [0.15, 0.2) is 0 Å². The van der Waals surface area contributed by atoms with E-state index >= 15 is 0 Å². The molecule has 1 N–H and O–H groups in total. The van der Waals surface area contributed by atoms with Crippen molar-refractivity contribution in [3.63, 3.8) is 0 Å². The van der Waals surface area contributed by atoms with Gasteiger partial charge in [0, 0.05) is 18.6 Å². The Morgan fingerprint density at radius 2 is 1.84 bits per heavy atom. The molecule has 0 spiro atoms. The van der Waals surface area contributed by atoms with E-state index in [0.717, 1.165) is 38.1 Å². The average Bonchev–Trinajstić information content (AvgIpc) is 2.32. The molecule has 0 amide bonds. The molecule has 0 aliphatic heterocycles. The van der Waals surface area contributed by atoms with Gasteiger partial charge >= 0.3 is 0 Å². The van der Waals surface area contributed by atoms with Gasteiger partial charge in [0.1, 0.15) is 0 Å². The first-order chi connectivity index (χ1) is 8.91. The van der Waals surface area contributed by atoms with Crippen LogP contribution in [0.4, 0.5) is 0 Å². The van der Waals surface area contributed by atoms with Crippen LogP contribution in [-0.2, 0) is 4.74 Å². The lowest BCUT2D eigenvalue weighted by Gasteiger charge is -2.26. The van der Waals surface area contributed by atoms with E-state index in [0.29, 0.717) is 0 Å². The third kappa shape index (κ3) is 11.4. The highest BCUT2D eigenvalue weighted by atomic mass is 16.5. The molecule has 1 unspecified atom stereocenters. The van der Waals surface area contributed by atoms with Gasteiger partial charge in [-0.2, -0.15) is 0 Å². The molecule has 0 saturated heterocycles. The monoisotopic (exact) mass is 271 g/mol. The van der Waals surface area contributed by atoms with Gasteiger partial charge < -0.3 is 10.1 Å². The van der Waals surface area contributed by atoms with Gasteiger partial charge in [-0.15, -0.1) is 0 Å². The zero-order chi connectivity index (χ0) is 14.7. The second-order valence-corrected chi connectivity index (χ2v) is 7.12. The van der Waals surface area contributed by atoms with Crippen LogP contribution in [-0.4, -0.2) is 26.3 Å². The summed E-state index contributed by atoms with van der Waals surface area (Å²) in [6, 6.07) is 0. The summed E-state index contributed by atoms with van der Waals surface area (Å²) in [5.41, 5.74) is 0.234. The molecule has 0 aromatic heterocycles. The fourth-order valence-electron chi connectivity index (χ4n) is 2.15. The van der Waals surface area contributed by atoms with Crippen LogP contribution in [0.2, 0.25) is 0 Å². The van der Waals surface area contributed by atoms with Crippen LogP contribution in [0.1, 0.15) is 67.2 Å². The van der Waals surface area contributed by atoms with Gasteiger partial charge in [0.15, 0.2) is 0 Å². The summed E-state index contributed by atoms with van der Waals surface area (Å²) < 4.78 is 5.97. The molecule has 0 radical (unpaired) electrons. The summed E-state index contributed by atoms with van der Waals surface area (Å²) in [7, 11) is 0. The van der Waals surface area contributed by atoms with Crippen molar-refractivity contribution in [2.24, 2.45) is 17.3 Å². The normalized spacial score (nSPS) is 14.1. The molecular formula is C17H37NO. The average molecular weight is 271 g/mol. The van der Waals surface area contributed by atoms with Crippen LogP contribution in [0.5, 0.6) is 0 Å². The van der Waals surface area contributed by atoms with Crippen molar-refractivity contribution in [1.29, 1.82) is 0 Å². The molecule has 0 rings (SSSR count). The Morgan fingerprint density at radius 1 is 1.16 bits per heavy atom. The van der Waals surface area contributed by atoms with E-state index in [9.17, 15) is 0 Å². The predicted octanol–water partition coefficient (Wildman–Crippen LogP) is 4.49. The number of unbranched alkanes of at least 4 members (excludes halogenated alkanes) is 1. The smallest absolute Gasteiger partial charge is 0.0529 e. The van der Waals surface area contributed by atoms with Crippen molar-refractivity contribution in [2.75, 3.05) is 26.3 Å². The molecule has 0 aliphatic carbocycles. The summed E-state index contributed by atoms with van der Waals surface area (Å²) in [4.78, 5) is 0. The highest BCUT2D eigenvalue weighted by molar-refractivity contribution is 4.71. The Bertz CT molecular complexity index is 201. The van der Waals surface area contributed by atoms with Crippen molar-refractivity contribution < 1.29 is 4.74 Å². The molecule has 0 aromatic carbocycles. The van der Waals surface area contributed by atoms with E-state index in [2.05, 4.69) is 46.9 Å². The fraction of sp³-hybridized carbons (Fsp3) is 1.00. The number of hydrogen-bond donors (Lipinski definition) is 1. The first-order valence-corrected chi connectivity index (χ1v) is 8.19. The van der Waals surface area contributed by atoms with Crippen molar-refractivity contribution in [3.8, 4) is 0 Å². The van der Waals surface area contributed by atoms with E-state index in [-0.39, 0.29) is 5.41 Å². The van der Waals surface area contributed by atoms with Crippen LogP contribution >= 0.6 is 0 Å². The van der Waals surface area contributed by atoms with E-state index in [4.69, 9.17) is 4.74 Å². The Hall–Kier alpha value is -0.0800. The van der Waals surface area contributed by atoms with Crippen LogP contribution in [0, 0.1) is 17.3 Å². The Morgan fingerprint density at radius 3 is 2.37 bits per heavy atom. The first kappa shape index (κ1) is 18.9. The van der Waals surface area contributed by atoms with E-state index in [1.807, 2.05) is 0 Å². The van der Waals surface area contributed by atoms with Crippen molar-refractivity contribution in [1.82, 2.24) is 5.32 Å². The molecule has 0 aliphatic rings. The van der Waals surface area contributed by atoms with Gasteiger partial charge in [-0.3, -0.25) is 0 Å². The van der Waals surface area contributed by atoms with E-state index in [1.54, 1.807) is 0 Å². The molecule has 19 heavy (non-hydrogen) atoms. The second kappa shape index (κ2) is 10.7. The highest BCUT2D eigenvalue weighted by Crippen LogP contribution is 2.17. The minimum absolute atomic E-state index is 0.234. The maximum absolute atomic E-state index is 5.97. The minimum Gasteiger partial charge on any atom is -0.381 e. The summed E-state index contributed by atoms with van der Waals surface area (Å²) >= 11 is 0.